The van der Waals surface area contributed by atoms with E-state index in [-0.39, 0.29) is 11.9 Å². The second-order valence-electron chi connectivity index (χ2n) is 4.59. The van der Waals surface area contributed by atoms with Crippen LogP contribution < -0.4 is 0 Å². The topological polar surface area (TPSA) is 51.5 Å². The van der Waals surface area contributed by atoms with Crippen LogP contribution in [-0.2, 0) is 16.1 Å². The summed E-state index contributed by atoms with van der Waals surface area (Å²) in [6.45, 7) is 5.48. The minimum Gasteiger partial charge on any atom is -0.464 e. The van der Waals surface area contributed by atoms with E-state index < -0.39 is 6.04 Å². The van der Waals surface area contributed by atoms with Gasteiger partial charge in [-0.1, -0.05) is 0 Å². The highest BCUT2D eigenvalue weighted by Crippen LogP contribution is 2.21. The summed E-state index contributed by atoms with van der Waals surface area (Å²) in [6, 6.07) is 3.23. The zero-order valence-corrected chi connectivity index (χ0v) is 11.5. The molecule has 0 spiro atoms. The molecule has 0 radical (unpaired) electrons. The minimum atomic E-state index is -0.423. The molecule has 1 saturated heterocycles. The molecular weight excluding hydrogens is 244 g/mol. The van der Waals surface area contributed by atoms with E-state index in [0.29, 0.717) is 25.3 Å². The molecule has 1 fully saturated rings. The summed E-state index contributed by atoms with van der Waals surface area (Å²) >= 11 is 0. The molecule has 1 aliphatic heterocycles. The summed E-state index contributed by atoms with van der Waals surface area (Å²) < 4.78 is 6.93. The summed E-state index contributed by atoms with van der Waals surface area (Å²) in [5.41, 5.74) is 0.638. The molecule has 1 atom stereocenters. The van der Waals surface area contributed by atoms with Gasteiger partial charge in [0.2, 0.25) is 0 Å². The lowest BCUT2D eigenvalue weighted by Gasteiger charge is -2.23. The molecule has 0 N–H and O–H groups in total. The van der Waals surface area contributed by atoms with Gasteiger partial charge in [0, 0.05) is 19.3 Å². The fourth-order valence-electron chi connectivity index (χ4n) is 2.52. The van der Waals surface area contributed by atoms with Crippen molar-refractivity contribution in [1.29, 1.82) is 0 Å². The van der Waals surface area contributed by atoms with E-state index in [1.54, 1.807) is 17.9 Å². The van der Waals surface area contributed by atoms with E-state index in [1.807, 2.05) is 23.8 Å². The number of hydrogen-bond donors (Lipinski definition) is 0. The summed E-state index contributed by atoms with van der Waals surface area (Å²) in [5, 5.41) is 0. The normalized spacial score (nSPS) is 18.6. The molecule has 1 unspecified atom stereocenters. The van der Waals surface area contributed by atoms with Crippen LogP contribution in [0.15, 0.2) is 18.3 Å². The molecule has 104 valence electrons. The summed E-state index contributed by atoms with van der Waals surface area (Å²) in [5.74, 6) is -0.370. The third-order valence-corrected chi connectivity index (χ3v) is 3.46. The highest BCUT2D eigenvalue weighted by molar-refractivity contribution is 5.96. The molecule has 0 saturated carbocycles. The monoisotopic (exact) mass is 264 g/mol. The van der Waals surface area contributed by atoms with Crippen molar-refractivity contribution in [3.05, 3.63) is 24.0 Å². The molecule has 5 heteroatoms. The molecule has 2 rings (SSSR count). The van der Waals surface area contributed by atoms with Crippen LogP contribution in [0, 0.1) is 0 Å². The highest BCUT2D eigenvalue weighted by atomic mass is 16.5. The SMILES string of the molecule is CCOC(=O)C1CCCN1C(=O)c1cccn1CC. The van der Waals surface area contributed by atoms with Crippen molar-refractivity contribution < 1.29 is 14.3 Å². The quantitative estimate of drug-likeness (QED) is 0.777. The van der Waals surface area contributed by atoms with Crippen LogP contribution in [0.3, 0.4) is 0 Å². The molecule has 0 aliphatic carbocycles. The number of aryl methyl sites for hydroxylation is 1. The first-order valence-corrected chi connectivity index (χ1v) is 6.81. The zero-order valence-electron chi connectivity index (χ0n) is 11.5. The predicted octanol–water partition coefficient (Wildman–Crippen LogP) is 1.68. The van der Waals surface area contributed by atoms with E-state index in [1.165, 1.54) is 0 Å². The molecule has 1 aromatic heterocycles. The van der Waals surface area contributed by atoms with Crippen LogP contribution in [0.1, 0.15) is 37.2 Å². The molecule has 1 amide bonds. The van der Waals surface area contributed by atoms with Gasteiger partial charge in [-0.2, -0.15) is 0 Å². The maximum absolute atomic E-state index is 12.5. The number of ether oxygens (including phenoxy) is 1. The standard InChI is InChI=1S/C14H20N2O3/c1-3-15-9-5-7-11(15)13(17)16-10-6-8-12(16)14(18)19-4-2/h5,7,9,12H,3-4,6,8,10H2,1-2H3. The Morgan fingerprint density at radius 2 is 2.21 bits per heavy atom. The summed E-state index contributed by atoms with van der Waals surface area (Å²) in [6.07, 6.45) is 3.42. The molecule has 2 heterocycles. The Bertz CT molecular complexity index is 467. The Morgan fingerprint density at radius 1 is 1.42 bits per heavy atom. The van der Waals surface area contributed by atoms with Gasteiger partial charge < -0.3 is 14.2 Å². The Morgan fingerprint density at radius 3 is 2.89 bits per heavy atom. The number of esters is 1. The van der Waals surface area contributed by atoms with Crippen LogP contribution >= 0.6 is 0 Å². The number of nitrogens with zero attached hydrogens (tertiary/aromatic N) is 2. The second kappa shape index (κ2) is 5.91. The van der Waals surface area contributed by atoms with E-state index in [0.717, 1.165) is 13.0 Å². The predicted molar refractivity (Wildman–Crippen MR) is 70.8 cm³/mol. The first kappa shape index (κ1) is 13.6. The van der Waals surface area contributed by atoms with Crippen LogP contribution in [-0.4, -0.2) is 40.5 Å². The van der Waals surface area contributed by atoms with E-state index in [9.17, 15) is 9.59 Å². The van der Waals surface area contributed by atoms with Gasteiger partial charge in [0.25, 0.3) is 5.91 Å². The Hall–Kier alpha value is -1.78. The minimum absolute atomic E-state index is 0.0811. The largest absolute Gasteiger partial charge is 0.464 e. The van der Waals surface area contributed by atoms with Gasteiger partial charge in [-0.3, -0.25) is 4.79 Å². The van der Waals surface area contributed by atoms with Crippen molar-refractivity contribution >= 4 is 11.9 Å². The molecule has 19 heavy (non-hydrogen) atoms. The van der Waals surface area contributed by atoms with Crippen molar-refractivity contribution in [2.45, 2.75) is 39.3 Å². The van der Waals surface area contributed by atoms with Crippen LogP contribution in [0.4, 0.5) is 0 Å². The Labute approximate surface area is 113 Å². The zero-order chi connectivity index (χ0) is 13.8. The van der Waals surface area contributed by atoms with Gasteiger partial charge in [-0.25, -0.2) is 4.79 Å². The fourth-order valence-corrected chi connectivity index (χ4v) is 2.52. The van der Waals surface area contributed by atoms with Gasteiger partial charge in [-0.15, -0.1) is 0 Å². The lowest BCUT2D eigenvalue weighted by Crippen LogP contribution is -2.42. The van der Waals surface area contributed by atoms with Crippen molar-refractivity contribution in [2.24, 2.45) is 0 Å². The van der Waals surface area contributed by atoms with E-state index in [2.05, 4.69) is 0 Å². The lowest BCUT2D eigenvalue weighted by molar-refractivity contribution is -0.147. The number of likely N-dealkylation sites (tertiary alicyclic amines) is 1. The third kappa shape index (κ3) is 2.64. The smallest absolute Gasteiger partial charge is 0.328 e. The Balaban J connectivity index is 2.16. The van der Waals surface area contributed by atoms with Gasteiger partial charge in [0.05, 0.1) is 6.61 Å². The summed E-state index contributed by atoms with van der Waals surface area (Å²) in [4.78, 5) is 26.0. The number of aromatic nitrogens is 1. The first-order valence-electron chi connectivity index (χ1n) is 6.81. The number of hydrogen-bond acceptors (Lipinski definition) is 3. The van der Waals surface area contributed by atoms with Gasteiger partial charge in [-0.05, 0) is 38.8 Å². The molecule has 5 nitrogen and oxygen atoms in total. The van der Waals surface area contributed by atoms with Crippen molar-refractivity contribution in [1.82, 2.24) is 9.47 Å². The molecule has 1 aliphatic rings. The van der Waals surface area contributed by atoms with Crippen LogP contribution in [0.5, 0.6) is 0 Å². The average Bonchev–Trinajstić information content (AvgIpc) is 3.06. The number of amides is 1. The number of carbonyl (C=O) groups is 2. The number of rotatable bonds is 4. The maximum Gasteiger partial charge on any atom is 0.328 e. The Kier molecular flexibility index (Phi) is 4.24. The average molecular weight is 264 g/mol. The molecular formula is C14H20N2O3. The van der Waals surface area contributed by atoms with Crippen molar-refractivity contribution in [3.8, 4) is 0 Å². The van der Waals surface area contributed by atoms with Crippen molar-refractivity contribution in [3.63, 3.8) is 0 Å². The van der Waals surface area contributed by atoms with Gasteiger partial charge in [0.1, 0.15) is 11.7 Å². The third-order valence-electron chi connectivity index (χ3n) is 3.46. The lowest BCUT2D eigenvalue weighted by atomic mass is 10.2. The fraction of sp³-hybridized carbons (Fsp3) is 0.571. The molecule has 1 aromatic rings. The van der Waals surface area contributed by atoms with Gasteiger partial charge >= 0.3 is 5.97 Å². The van der Waals surface area contributed by atoms with Gasteiger partial charge in [0.15, 0.2) is 0 Å². The van der Waals surface area contributed by atoms with Crippen molar-refractivity contribution in [2.75, 3.05) is 13.2 Å². The van der Waals surface area contributed by atoms with E-state index >= 15 is 0 Å². The number of carbonyl (C=O) groups excluding carboxylic acids is 2. The summed E-state index contributed by atoms with van der Waals surface area (Å²) in [7, 11) is 0. The second-order valence-corrected chi connectivity index (χ2v) is 4.59. The van der Waals surface area contributed by atoms with Crippen LogP contribution in [0.2, 0.25) is 0 Å². The maximum atomic E-state index is 12.5. The first-order chi connectivity index (χ1) is 9.19. The highest BCUT2D eigenvalue weighted by Gasteiger charge is 2.36. The molecule has 0 aromatic carbocycles. The van der Waals surface area contributed by atoms with Crippen LogP contribution in [0.25, 0.3) is 0 Å². The van der Waals surface area contributed by atoms with E-state index in [4.69, 9.17) is 4.74 Å². The molecule has 0 bridgehead atoms.